The number of phenols is 1. The van der Waals surface area contributed by atoms with Gasteiger partial charge < -0.3 is 0 Å². The van der Waals surface area contributed by atoms with Crippen molar-refractivity contribution in [2.75, 3.05) is 0 Å². The fraction of sp³-hybridized carbons (Fsp3) is 0.0323. The molecule has 1 N–H and O–H groups in total. The Morgan fingerprint density at radius 2 is 0.941 bits per heavy atom. The number of phenolic OH excluding ortho intramolecular Hbond substituents is 1. The van der Waals surface area contributed by atoms with Crippen molar-refractivity contribution in [3.8, 4) is 5.75 Å². The van der Waals surface area contributed by atoms with Crippen LogP contribution >= 0.6 is 6.83 Å². The van der Waals surface area contributed by atoms with Gasteiger partial charge in [0, 0.05) is 0 Å². The fourth-order valence-corrected chi connectivity index (χ4v) is 11.6. The summed E-state index contributed by atoms with van der Waals surface area (Å²) < 4.78 is 7.64. The monoisotopic (exact) mass is 460 g/mol. The molecule has 166 valence electrons. The predicted molar refractivity (Wildman–Crippen MR) is 142 cm³/mol. The first kappa shape index (κ1) is 20.9. The van der Waals surface area contributed by atoms with Gasteiger partial charge >= 0.3 is 200 Å². The fourth-order valence-electron chi connectivity index (χ4n) is 5.50. The maximum absolute atomic E-state index is 9.95. The molecule has 1 aliphatic rings. The van der Waals surface area contributed by atoms with E-state index in [1.54, 1.807) is 12.1 Å². The number of benzene rings is 5. The van der Waals surface area contributed by atoms with Gasteiger partial charge in [-0.25, -0.2) is 0 Å². The van der Waals surface area contributed by atoms with Crippen LogP contribution in [-0.2, 0) is 4.52 Å². The van der Waals surface area contributed by atoms with E-state index >= 15 is 0 Å². The Labute approximate surface area is 200 Å². The molecule has 1 atom stereocenters. The van der Waals surface area contributed by atoms with Gasteiger partial charge in [0.2, 0.25) is 0 Å². The average Bonchev–Trinajstić information content (AvgIpc) is 3.25. The summed E-state index contributed by atoms with van der Waals surface area (Å²) in [5.41, 5.74) is 2.20. The van der Waals surface area contributed by atoms with Crippen molar-refractivity contribution in [1.82, 2.24) is 0 Å². The zero-order valence-corrected chi connectivity index (χ0v) is 19.6. The van der Waals surface area contributed by atoms with Gasteiger partial charge in [-0.2, -0.15) is 0 Å². The topological polar surface area (TPSA) is 29.5 Å². The molecule has 0 spiro atoms. The molecule has 5 aromatic carbocycles. The molecule has 6 rings (SSSR count). The van der Waals surface area contributed by atoms with Crippen LogP contribution in [0.2, 0.25) is 0 Å². The van der Waals surface area contributed by atoms with Gasteiger partial charge in [-0.1, -0.05) is 0 Å². The van der Waals surface area contributed by atoms with Gasteiger partial charge in [0.15, 0.2) is 0 Å². The predicted octanol–water partition coefficient (Wildman–Crippen LogP) is 5.58. The van der Waals surface area contributed by atoms with Crippen molar-refractivity contribution in [2.24, 2.45) is 0 Å². The molecule has 1 heterocycles. The Kier molecular flexibility index (Phi) is 4.88. The first-order valence-electron chi connectivity index (χ1n) is 11.5. The van der Waals surface area contributed by atoms with E-state index in [9.17, 15) is 5.11 Å². The number of hydrogen-bond acceptors (Lipinski definition) is 2. The van der Waals surface area contributed by atoms with Crippen molar-refractivity contribution in [3.63, 3.8) is 0 Å². The summed E-state index contributed by atoms with van der Waals surface area (Å²) in [6.07, 6.45) is -0.268. The number of aromatic hydroxyl groups is 1. The van der Waals surface area contributed by atoms with Crippen molar-refractivity contribution in [3.05, 3.63) is 151 Å². The Bertz CT molecular complexity index is 1330. The third-order valence-electron chi connectivity index (χ3n) is 6.94. The SMILES string of the molecule is Oc1ccc([C@@H]2OP(c3ccccc3)(c3ccccc3)(c3ccccc3)c3ccccc32)cc1. The second-order valence-corrected chi connectivity index (χ2v) is 13.0. The van der Waals surface area contributed by atoms with Crippen LogP contribution in [0.15, 0.2) is 140 Å². The third kappa shape index (κ3) is 2.77. The van der Waals surface area contributed by atoms with E-state index < -0.39 is 6.83 Å². The van der Waals surface area contributed by atoms with Crippen molar-refractivity contribution in [2.45, 2.75) is 6.10 Å². The van der Waals surface area contributed by atoms with Crippen LogP contribution in [0, 0.1) is 0 Å². The van der Waals surface area contributed by atoms with Crippen molar-refractivity contribution >= 4 is 28.0 Å². The van der Waals surface area contributed by atoms with E-state index in [1.165, 1.54) is 26.8 Å². The Balaban J connectivity index is 1.80. The van der Waals surface area contributed by atoms with Crippen LogP contribution < -0.4 is 21.2 Å². The Hall–Kier alpha value is -3.71. The molecule has 0 saturated heterocycles. The summed E-state index contributed by atoms with van der Waals surface area (Å²) in [6, 6.07) is 48.2. The summed E-state index contributed by atoms with van der Waals surface area (Å²) in [5.74, 6) is 0.252. The van der Waals surface area contributed by atoms with Crippen LogP contribution in [0.3, 0.4) is 0 Å². The standard InChI is InChI=1S/C31H25O2P/c32-25-22-20-24(21-23-25)31-29-18-10-11-19-30(29)34(33-31,26-12-4-1-5-13-26,27-14-6-2-7-15-27)28-16-8-3-9-17-28/h1-23,31-32H/t31-/m0/s1. The Morgan fingerprint density at radius 1 is 0.500 bits per heavy atom. The summed E-state index contributed by atoms with van der Waals surface area (Å²) in [4.78, 5) is 0. The minimum absolute atomic E-state index is 0.252. The van der Waals surface area contributed by atoms with E-state index in [0.29, 0.717) is 0 Å². The molecular weight excluding hydrogens is 435 g/mol. The average molecular weight is 461 g/mol. The quantitative estimate of drug-likeness (QED) is 0.355. The summed E-state index contributed by atoms with van der Waals surface area (Å²) >= 11 is 0. The molecule has 0 aromatic heterocycles. The molecule has 0 aliphatic carbocycles. The van der Waals surface area contributed by atoms with E-state index in [1.807, 2.05) is 12.1 Å². The normalized spacial score (nSPS) is 18.9. The maximum atomic E-state index is 9.95. The van der Waals surface area contributed by atoms with Crippen LogP contribution in [-0.4, -0.2) is 5.11 Å². The minimum atomic E-state index is -3.58. The van der Waals surface area contributed by atoms with Crippen LogP contribution in [0.4, 0.5) is 0 Å². The van der Waals surface area contributed by atoms with Gasteiger partial charge in [-0.05, 0) is 0 Å². The number of fused-ring (bicyclic) bond motifs is 1. The molecule has 0 amide bonds. The second kappa shape index (κ2) is 7.95. The molecule has 1 aliphatic heterocycles. The molecule has 0 bridgehead atoms. The summed E-state index contributed by atoms with van der Waals surface area (Å²) in [5, 5.41) is 14.7. The van der Waals surface area contributed by atoms with Crippen LogP contribution in [0.25, 0.3) is 0 Å². The van der Waals surface area contributed by atoms with Gasteiger partial charge in [-0.3, -0.25) is 0 Å². The first-order chi connectivity index (χ1) is 16.7. The third-order valence-corrected chi connectivity index (χ3v) is 12.7. The molecule has 0 fully saturated rings. The molecule has 2 nitrogen and oxygen atoms in total. The van der Waals surface area contributed by atoms with E-state index in [4.69, 9.17) is 4.52 Å². The number of hydrogen-bond donors (Lipinski definition) is 1. The van der Waals surface area contributed by atoms with Crippen molar-refractivity contribution in [1.29, 1.82) is 0 Å². The van der Waals surface area contributed by atoms with Gasteiger partial charge in [0.1, 0.15) is 0 Å². The van der Waals surface area contributed by atoms with E-state index in [0.717, 1.165) is 5.56 Å². The molecule has 0 radical (unpaired) electrons. The molecule has 0 saturated carbocycles. The van der Waals surface area contributed by atoms with Gasteiger partial charge in [0.25, 0.3) is 0 Å². The molecular formula is C31H25O2P. The zero-order chi connectivity index (χ0) is 23.0. The molecule has 5 aromatic rings. The van der Waals surface area contributed by atoms with Gasteiger partial charge in [-0.15, -0.1) is 0 Å². The van der Waals surface area contributed by atoms with Crippen LogP contribution in [0.5, 0.6) is 5.75 Å². The number of rotatable bonds is 4. The van der Waals surface area contributed by atoms with E-state index in [2.05, 4.69) is 115 Å². The second-order valence-electron chi connectivity index (χ2n) is 8.68. The van der Waals surface area contributed by atoms with E-state index in [-0.39, 0.29) is 11.9 Å². The summed E-state index contributed by atoms with van der Waals surface area (Å²) in [6.45, 7) is -3.58. The first-order valence-corrected chi connectivity index (χ1v) is 13.6. The molecule has 34 heavy (non-hydrogen) atoms. The van der Waals surface area contributed by atoms with Crippen molar-refractivity contribution < 1.29 is 9.63 Å². The van der Waals surface area contributed by atoms with Gasteiger partial charge in [0.05, 0.1) is 0 Å². The van der Waals surface area contributed by atoms with Crippen LogP contribution in [0.1, 0.15) is 17.2 Å². The summed E-state index contributed by atoms with van der Waals surface area (Å²) in [7, 11) is 0. The zero-order valence-electron chi connectivity index (χ0n) is 18.7. The molecule has 0 unspecified atom stereocenters. The Morgan fingerprint density at radius 3 is 1.44 bits per heavy atom. The molecule has 3 heteroatoms.